The van der Waals surface area contributed by atoms with Gasteiger partial charge in [-0.3, -0.25) is 0 Å². The molecule has 0 aliphatic rings. The summed E-state index contributed by atoms with van der Waals surface area (Å²) in [5.41, 5.74) is 1.67. The smallest absolute Gasteiger partial charge is 0.321 e. The normalized spacial score (nSPS) is 10.0. The van der Waals surface area contributed by atoms with Gasteiger partial charge in [-0.05, 0) is 29.8 Å². The maximum Gasteiger partial charge on any atom is 0.321 e. The first kappa shape index (κ1) is 15.2. The molecule has 0 fully saturated rings. The summed E-state index contributed by atoms with van der Waals surface area (Å²) in [6.07, 6.45) is 0. The van der Waals surface area contributed by atoms with Crippen molar-refractivity contribution in [2.45, 2.75) is 6.54 Å². The molecule has 0 unspecified atom stereocenters. The van der Waals surface area contributed by atoms with Crippen LogP contribution in [-0.2, 0) is 6.54 Å². The van der Waals surface area contributed by atoms with Gasteiger partial charge in [0.2, 0.25) is 0 Å². The van der Waals surface area contributed by atoms with E-state index in [0.717, 1.165) is 5.56 Å². The molecule has 0 spiro atoms. The van der Waals surface area contributed by atoms with E-state index in [-0.39, 0.29) is 6.03 Å². The zero-order valence-electron chi connectivity index (χ0n) is 12.0. The van der Waals surface area contributed by atoms with E-state index >= 15 is 0 Å². The summed E-state index contributed by atoms with van der Waals surface area (Å²) in [7, 11) is 3.32. The molecule has 0 aliphatic carbocycles. The Labute approximate surface area is 129 Å². The number of nitrogens with one attached hydrogen (secondary N) is 1. The first-order valence-corrected chi connectivity index (χ1v) is 6.87. The average molecular weight is 305 g/mol. The highest BCUT2D eigenvalue weighted by Crippen LogP contribution is 2.17. The van der Waals surface area contributed by atoms with E-state index in [2.05, 4.69) is 5.32 Å². The number of carbonyl (C=O) groups excluding carboxylic acids is 1. The minimum absolute atomic E-state index is 0.191. The lowest BCUT2D eigenvalue weighted by molar-refractivity contribution is 0.220. The quantitative estimate of drug-likeness (QED) is 0.927. The van der Waals surface area contributed by atoms with E-state index in [9.17, 15) is 4.79 Å². The van der Waals surface area contributed by atoms with Gasteiger partial charge in [-0.1, -0.05) is 29.8 Å². The van der Waals surface area contributed by atoms with Gasteiger partial charge in [-0.2, -0.15) is 0 Å². The van der Waals surface area contributed by atoms with Crippen LogP contribution in [-0.4, -0.2) is 25.1 Å². The maximum atomic E-state index is 12.1. The Balaban J connectivity index is 1.99. The van der Waals surface area contributed by atoms with Gasteiger partial charge in [0.1, 0.15) is 5.75 Å². The van der Waals surface area contributed by atoms with Crippen LogP contribution in [0.5, 0.6) is 5.75 Å². The molecule has 0 saturated carbocycles. The van der Waals surface area contributed by atoms with Crippen LogP contribution in [0.1, 0.15) is 5.56 Å². The summed E-state index contributed by atoms with van der Waals surface area (Å²) >= 11 is 5.94. The number of nitrogens with zero attached hydrogens (tertiary/aromatic N) is 1. The first-order valence-electron chi connectivity index (χ1n) is 6.49. The average Bonchev–Trinajstić information content (AvgIpc) is 2.47. The molecule has 21 heavy (non-hydrogen) atoms. The number of halogens is 1. The highest BCUT2D eigenvalue weighted by Gasteiger charge is 2.10. The summed E-state index contributed by atoms with van der Waals surface area (Å²) in [5.74, 6) is 0.699. The van der Waals surface area contributed by atoms with Crippen molar-refractivity contribution in [1.82, 2.24) is 4.90 Å². The third-order valence-electron chi connectivity index (χ3n) is 2.98. The van der Waals surface area contributed by atoms with Gasteiger partial charge in [0.15, 0.2) is 0 Å². The Kier molecular flexibility index (Phi) is 5.06. The van der Waals surface area contributed by atoms with Crippen LogP contribution >= 0.6 is 11.6 Å². The summed E-state index contributed by atoms with van der Waals surface area (Å²) in [6, 6.07) is 14.5. The summed E-state index contributed by atoms with van der Waals surface area (Å²) in [6.45, 7) is 0.483. The zero-order chi connectivity index (χ0) is 15.2. The van der Waals surface area contributed by atoms with Crippen molar-refractivity contribution >= 4 is 23.3 Å². The lowest BCUT2D eigenvalue weighted by atomic mass is 10.2. The Bertz CT molecular complexity index is 631. The molecule has 0 atom stereocenters. The second kappa shape index (κ2) is 6.99. The monoisotopic (exact) mass is 304 g/mol. The van der Waals surface area contributed by atoms with Crippen LogP contribution in [0.3, 0.4) is 0 Å². The fourth-order valence-corrected chi connectivity index (χ4v) is 2.11. The molecule has 0 bridgehead atoms. The maximum absolute atomic E-state index is 12.1. The number of rotatable bonds is 4. The molecule has 0 aromatic heterocycles. The largest absolute Gasteiger partial charge is 0.497 e. The first-order chi connectivity index (χ1) is 10.1. The number of methoxy groups -OCH3 is 1. The Morgan fingerprint density at radius 1 is 1.24 bits per heavy atom. The molecule has 110 valence electrons. The molecule has 4 nitrogen and oxygen atoms in total. The van der Waals surface area contributed by atoms with Crippen molar-refractivity contribution in [3.63, 3.8) is 0 Å². The van der Waals surface area contributed by atoms with E-state index in [0.29, 0.717) is 23.0 Å². The number of hydrogen-bond acceptors (Lipinski definition) is 2. The highest BCUT2D eigenvalue weighted by atomic mass is 35.5. The van der Waals surface area contributed by atoms with Gasteiger partial charge in [0.05, 0.1) is 7.11 Å². The molecule has 0 saturated heterocycles. The second-order valence-electron chi connectivity index (χ2n) is 4.65. The predicted octanol–water partition coefficient (Wildman–Crippen LogP) is 4.01. The number of anilines is 1. The van der Waals surface area contributed by atoms with E-state index in [4.69, 9.17) is 16.3 Å². The van der Waals surface area contributed by atoms with Crippen molar-refractivity contribution in [1.29, 1.82) is 0 Å². The number of benzene rings is 2. The molecule has 2 aromatic rings. The van der Waals surface area contributed by atoms with Gasteiger partial charge in [0, 0.05) is 30.4 Å². The van der Waals surface area contributed by atoms with Gasteiger partial charge in [0.25, 0.3) is 0 Å². The van der Waals surface area contributed by atoms with E-state index in [1.165, 1.54) is 0 Å². The fraction of sp³-hybridized carbons (Fsp3) is 0.188. The van der Waals surface area contributed by atoms with Crippen LogP contribution < -0.4 is 10.1 Å². The highest BCUT2D eigenvalue weighted by molar-refractivity contribution is 6.30. The van der Waals surface area contributed by atoms with Crippen molar-refractivity contribution < 1.29 is 9.53 Å². The number of carbonyl (C=O) groups is 1. The minimum atomic E-state index is -0.191. The standard InChI is InChI=1S/C16H17ClN2O2/c1-19(11-12-5-3-6-13(17)9-12)16(20)18-14-7-4-8-15(10-14)21-2/h3-10H,11H2,1-2H3,(H,18,20). The van der Waals surface area contributed by atoms with E-state index in [1.807, 2.05) is 36.4 Å². The number of urea groups is 1. The second-order valence-corrected chi connectivity index (χ2v) is 5.08. The summed E-state index contributed by atoms with van der Waals surface area (Å²) in [4.78, 5) is 13.7. The molecular weight excluding hydrogens is 288 g/mol. The molecule has 5 heteroatoms. The topological polar surface area (TPSA) is 41.6 Å². The van der Waals surface area contributed by atoms with Crippen molar-refractivity contribution in [3.05, 3.63) is 59.1 Å². The van der Waals surface area contributed by atoms with Crippen LogP contribution in [0, 0.1) is 0 Å². The zero-order valence-corrected chi connectivity index (χ0v) is 12.7. The Morgan fingerprint density at radius 3 is 2.71 bits per heavy atom. The van der Waals surface area contributed by atoms with Crippen LogP contribution in [0.2, 0.25) is 5.02 Å². The SMILES string of the molecule is COc1cccc(NC(=O)N(C)Cc2cccc(Cl)c2)c1. The van der Waals surface area contributed by atoms with E-state index < -0.39 is 0 Å². The minimum Gasteiger partial charge on any atom is -0.497 e. The molecule has 0 aliphatic heterocycles. The third-order valence-corrected chi connectivity index (χ3v) is 3.21. The molecule has 1 N–H and O–H groups in total. The fourth-order valence-electron chi connectivity index (χ4n) is 1.90. The molecule has 2 aromatic carbocycles. The third kappa shape index (κ3) is 4.39. The lowest BCUT2D eigenvalue weighted by Crippen LogP contribution is -2.30. The van der Waals surface area contributed by atoms with Crippen LogP contribution in [0.4, 0.5) is 10.5 Å². The van der Waals surface area contributed by atoms with Crippen LogP contribution in [0.25, 0.3) is 0 Å². The molecule has 2 rings (SSSR count). The van der Waals surface area contributed by atoms with Gasteiger partial charge in [-0.25, -0.2) is 4.79 Å². The van der Waals surface area contributed by atoms with E-state index in [1.54, 1.807) is 31.2 Å². The molecule has 0 heterocycles. The molecular formula is C16H17ClN2O2. The van der Waals surface area contributed by atoms with Crippen molar-refractivity contribution in [2.75, 3.05) is 19.5 Å². The summed E-state index contributed by atoms with van der Waals surface area (Å²) < 4.78 is 5.13. The predicted molar refractivity (Wildman–Crippen MR) is 84.9 cm³/mol. The van der Waals surface area contributed by atoms with Gasteiger partial charge < -0.3 is 15.0 Å². The van der Waals surface area contributed by atoms with Crippen molar-refractivity contribution in [2.24, 2.45) is 0 Å². The van der Waals surface area contributed by atoms with Crippen LogP contribution in [0.15, 0.2) is 48.5 Å². The molecule has 2 amide bonds. The Morgan fingerprint density at radius 2 is 2.00 bits per heavy atom. The Hall–Kier alpha value is -2.20. The van der Waals surface area contributed by atoms with Crippen molar-refractivity contribution in [3.8, 4) is 5.75 Å². The lowest BCUT2D eigenvalue weighted by Gasteiger charge is -2.18. The number of amides is 2. The summed E-state index contributed by atoms with van der Waals surface area (Å²) in [5, 5.41) is 3.49. The number of ether oxygens (including phenoxy) is 1. The van der Waals surface area contributed by atoms with Gasteiger partial charge >= 0.3 is 6.03 Å². The molecule has 0 radical (unpaired) electrons. The number of hydrogen-bond donors (Lipinski definition) is 1. The van der Waals surface area contributed by atoms with Gasteiger partial charge in [-0.15, -0.1) is 0 Å².